The van der Waals surface area contributed by atoms with Crippen molar-refractivity contribution in [1.82, 2.24) is 4.98 Å². The van der Waals surface area contributed by atoms with Crippen LogP contribution in [0.15, 0.2) is 81.3 Å². The van der Waals surface area contributed by atoms with Gasteiger partial charge in [0.25, 0.3) is 0 Å². The van der Waals surface area contributed by atoms with Crippen molar-refractivity contribution in [1.29, 1.82) is 0 Å². The van der Waals surface area contributed by atoms with Gasteiger partial charge in [0.2, 0.25) is 0 Å². The number of hydrogen-bond acceptors (Lipinski definition) is 5. The van der Waals surface area contributed by atoms with E-state index in [2.05, 4.69) is 23.1 Å². The van der Waals surface area contributed by atoms with E-state index in [0.29, 0.717) is 16.8 Å². The minimum absolute atomic E-state index is 0.368. The molecule has 0 atom stereocenters. The number of thiazole rings is 1. The summed E-state index contributed by atoms with van der Waals surface area (Å²) < 4.78 is 5.62. The first-order valence-electron chi connectivity index (χ1n) is 9.29. The van der Waals surface area contributed by atoms with Gasteiger partial charge in [-0.3, -0.25) is 0 Å². The Morgan fingerprint density at radius 1 is 0.931 bits per heavy atom. The Morgan fingerprint density at radius 2 is 1.72 bits per heavy atom. The van der Waals surface area contributed by atoms with Crippen molar-refractivity contribution in [3.8, 4) is 21.8 Å². The maximum absolute atomic E-state index is 12.6. The van der Waals surface area contributed by atoms with Gasteiger partial charge in [-0.2, -0.15) is 0 Å². The summed E-state index contributed by atoms with van der Waals surface area (Å²) in [4.78, 5) is 19.4. The Hall–Kier alpha value is -3.44. The molecule has 142 valence electrons. The number of aromatic nitrogens is 1. The highest BCUT2D eigenvalue weighted by molar-refractivity contribution is 7.13. The first kappa shape index (κ1) is 17.6. The fourth-order valence-corrected chi connectivity index (χ4v) is 4.31. The van der Waals surface area contributed by atoms with E-state index in [9.17, 15) is 4.79 Å². The van der Waals surface area contributed by atoms with Crippen molar-refractivity contribution >= 4 is 38.8 Å². The molecule has 4 nitrogen and oxygen atoms in total. The van der Waals surface area contributed by atoms with Gasteiger partial charge in [-0.15, -0.1) is 11.3 Å². The quantitative estimate of drug-likeness (QED) is 0.284. The highest BCUT2D eigenvalue weighted by Crippen LogP contribution is 2.31. The molecule has 29 heavy (non-hydrogen) atoms. The summed E-state index contributed by atoms with van der Waals surface area (Å²) in [7, 11) is 4.03. The summed E-state index contributed by atoms with van der Waals surface area (Å²) in [6.45, 7) is 0. The van der Waals surface area contributed by atoms with Gasteiger partial charge in [0.15, 0.2) is 0 Å². The van der Waals surface area contributed by atoms with Crippen LogP contribution in [0.5, 0.6) is 0 Å². The van der Waals surface area contributed by atoms with E-state index < -0.39 is 0 Å². The van der Waals surface area contributed by atoms with Gasteiger partial charge in [-0.05, 0) is 47.2 Å². The van der Waals surface area contributed by atoms with E-state index in [1.165, 1.54) is 11.3 Å². The number of benzene rings is 3. The third-order valence-electron chi connectivity index (χ3n) is 5.05. The van der Waals surface area contributed by atoms with Crippen LogP contribution in [0.4, 0.5) is 5.69 Å². The van der Waals surface area contributed by atoms with Crippen molar-refractivity contribution in [3.63, 3.8) is 0 Å². The van der Waals surface area contributed by atoms with Crippen LogP contribution >= 0.6 is 11.3 Å². The van der Waals surface area contributed by atoms with E-state index in [-0.39, 0.29) is 5.63 Å². The number of rotatable bonds is 3. The molecule has 0 radical (unpaired) electrons. The minimum Gasteiger partial charge on any atom is -0.422 e. The first-order valence-corrected chi connectivity index (χ1v) is 10.2. The molecule has 0 saturated carbocycles. The minimum atomic E-state index is -0.368. The average molecular weight is 398 g/mol. The first-order chi connectivity index (χ1) is 14.1. The number of fused-ring (bicyclic) bond motifs is 3. The fraction of sp³-hybridized carbons (Fsp3) is 0.0833. The van der Waals surface area contributed by atoms with E-state index in [1.807, 2.05) is 68.0 Å². The molecule has 0 spiro atoms. The maximum atomic E-state index is 12.6. The van der Waals surface area contributed by atoms with Gasteiger partial charge in [-0.25, -0.2) is 9.78 Å². The Bertz CT molecular complexity index is 1400. The predicted molar refractivity (Wildman–Crippen MR) is 121 cm³/mol. The van der Waals surface area contributed by atoms with Gasteiger partial charge in [0.05, 0.1) is 11.3 Å². The molecule has 2 heterocycles. The van der Waals surface area contributed by atoms with Crippen molar-refractivity contribution in [2.75, 3.05) is 19.0 Å². The summed E-state index contributed by atoms with van der Waals surface area (Å²) in [5.74, 6) is 0. The molecule has 0 fully saturated rings. The zero-order valence-corrected chi connectivity index (χ0v) is 16.9. The normalized spacial score (nSPS) is 11.2. The molecule has 0 aliphatic heterocycles. The lowest BCUT2D eigenvalue weighted by atomic mass is 10.0. The monoisotopic (exact) mass is 398 g/mol. The maximum Gasteiger partial charge on any atom is 0.345 e. The number of hydrogen-bond donors (Lipinski definition) is 0. The molecule has 5 aromatic rings. The summed E-state index contributed by atoms with van der Waals surface area (Å²) >= 11 is 1.52. The second-order valence-corrected chi connectivity index (χ2v) is 7.98. The van der Waals surface area contributed by atoms with E-state index in [4.69, 9.17) is 9.40 Å². The van der Waals surface area contributed by atoms with Crippen LogP contribution in [0, 0.1) is 0 Å². The topological polar surface area (TPSA) is 46.3 Å². The molecule has 0 saturated heterocycles. The number of anilines is 1. The van der Waals surface area contributed by atoms with Gasteiger partial charge in [0.1, 0.15) is 10.6 Å². The molecule has 0 aliphatic carbocycles. The summed E-state index contributed by atoms with van der Waals surface area (Å²) in [6.07, 6.45) is 0. The van der Waals surface area contributed by atoms with E-state index in [1.54, 1.807) is 0 Å². The fourth-order valence-electron chi connectivity index (χ4n) is 3.48. The summed E-state index contributed by atoms with van der Waals surface area (Å²) in [5, 5.41) is 5.88. The van der Waals surface area contributed by atoms with Gasteiger partial charge in [-0.1, -0.05) is 30.3 Å². The lowest BCUT2D eigenvalue weighted by Gasteiger charge is -2.11. The molecular formula is C24H18N2O2S. The van der Waals surface area contributed by atoms with Gasteiger partial charge in [0, 0.05) is 36.1 Å². The summed E-state index contributed by atoms with van der Waals surface area (Å²) in [6, 6.07) is 22.0. The van der Waals surface area contributed by atoms with Crippen LogP contribution in [0.1, 0.15) is 0 Å². The lowest BCUT2D eigenvalue weighted by molar-refractivity contribution is 0.563. The van der Waals surface area contributed by atoms with Crippen LogP contribution in [0.2, 0.25) is 0 Å². The Kier molecular flexibility index (Phi) is 4.18. The smallest absolute Gasteiger partial charge is 0.345 e. The Morgan fingerprint density at radius 3 is 2.52 bits per heavy atom. The van der Waals surface area contributed by atoms with Crippen LogP contribution in [0.25, 0.3) is 43.6 Å². The van der Waals surface area contributed by atoms with Crippen LogP contribution in [-0.2, 0) is 0 Å². The Balaban J connectivity index is 1.61. The second kappa shape index (κ2) is 6.87. The molecule has 0 aliphatic rings. The van der Waals surface area contributed by atoms with E-state index in [0.717, 1.165) is 32.4 Å². The zero-order valence-electron chi connectivity index (χ0n) is 16.0. The predicted octanol–water partition coefficient (Wildman–Crippen LogP) is 5.80. The second-order valence-electron chi connectivity index (χ2n) is 7.13. The molecular weight excluding hydrogens is 380 g/mol. The van der Waals surface area contributed by atoms with Gasteiger partial charge < -0.3 is 9.32 Å². The standard InChI is InChI=1S/C24H18N2O2S/c1-26(2)17-10-7-16(8-11-17)23-25-21(14-29-23)20-13-19-18-6-4-3-5-15(18)9-12-22(19)28-24(20)27/h3-14H,1-2H3. The van der Waals surface area contributed by atoms with Crippen molar-refractivity contribution in [2.24, 2.45) is 0 Å². The SMILES string of the molecule is CN(C)c1ccc(-c2nc(-c3cc4c(ccc5ccccc54)oc3=O)cs2)cc1. The highest BCUT2D eigenvalue weighted by Gasteiger charge is 2.14. The lowest BCUT2D eigenvalue weighted by Crippen LogP contribution is -2.07. The molecule has 0 unspecified atom stereocenters. The third-order valence-corrected chi connectivity index (χ3v) is 5.94. The third kappa shape index (κ3) is 3.09. The largest absolute Gasteiger partial charge is 0.422 e. The zero-order chi connectivity index (χ0) is 20.0. The molecule has 0 amide bonds. The molecule has 5 rings (SSSR count). The molecule has 2 aromatic heterocycles. The van der Waals surface area contributed by atoms with Crippen molar-refractivity contribution in [3.05, 3.63) is 82.5 Å². The van der Waals surface area contributed by atoms with Crippen LogP contribution in [-0.4, -0.2) is 19.1 Å². The molecule has 0 N–H and O–H groups in total. The van der Waals surface area contributed by atoms with Crippen molar-refractivity contribution in [2.45, 2.75) is 0 Å². The summed E-state index contributed by atoms with van der Waals surface area (Å²) in [5.41, 5.74) is 3.52. The van der Waals surface area contributed by atoms with Gasteiger partial charge >= 0.3 is 5.63 Å². The average Bonchev–Trinajstić information content (AvgIpc) is 3.23. The molecule has 0 bridgehead atoms. The Labute approximate surface area is 171 Å². The van der Waals surface area contributed by atoms with Crippen LogP contribution in [0.3, 0.4) is 0 Å². The molecule has 3 aromatic carbocycles. The number of nitrogens with zero attached hydrogens (tertiary/aromatic N) is 2. The molecule has 5 heteroatoms. The highest BCUT2D eigenvalue weighted by atomic mass is 32.1. The van der Waals surface area contributed by atoms with E-state index >= 15 is 0 Å². The van der Waals surface area contributed by atoms with Crippen LogP contribution < -0.4 is 10.5 Å². The van der Waals surface area contributed by atoms with Crippen molar-refractivity contribution < 1.29 is 4.42 Å².